The van der Waals surface area contributed by atoms with Gasteiger partial charge in [-0.25, -0.2) is 22.5 Å². The quantitative estimate of drug-likeness (QED) is 0.543. The zero-order valence-electron chi connectivity index (χ0n) is 14.8. The van der Waals surface area contributed by atoms with Gasteiger partial charge in [-0.05, 0) is 28.1 Å². The number of nitrogens with zero attached hydrogens (tertiary/aromatic N) is 2. The average molecular weight is 514 g/mol. The molecule has 0 fully saturated rings. The highest BCUT2D eigenvalue weighted by molar-refractivity contribution is 9.10. The number of anilines is 1. The van der Waals surface area contributed by atoms with Crippen molar-refractivity contribution in [3.05, 3.63) is 51.8 Å². The minimum absolute atomic E-state index is 0. The summed E-state index contributed by atoms with van der Waals surface area (Å²) in [6.07, 6.45) is -2.02. The zero-order chi connectivity index (χ0) is 21.3. The number of hydrogen-bond donors (Lipinski definition) is 3. The molecule has 4 N–H and O–H groups in total. The molecular formula is C17H14BrClF4N4O3. The van der Waals surface area contributed by atoms with E-state index in [-0.39, 0.29) is 24.8 Å². The number of hydrogen-bond acceptors (Lipinski definition) is 6. The Balaban J connectivity index is 0.00000320. The Hall–Kier alpha value is -2.44. The first-order valence-electron chi connectivity index (χ1n) is 7.99. The van der Waals surface area contributed by atoms with Crippen molar-refractivity contribution in [2.24, 2.45) is 10.7 Å². The van der Waals surface area contributed by atoms with E-state index >= 15 is 0 Å². The van der Waals surface area contributed by atoms with Crippen molar-refractivity contribution in [3.8, 4) is 5.75 Å². The van der Waals surface area contributed by atoms with E-state index < -0.39 is 58.8 Å². The van der Waals surface area contributed by atoms with Crippen LogP contribution in [0.25, 0.3) is 0 Å². The normalized spacial score (nSPS) is 18.5. The summed E-state index contributed by atoms with van der Waals surface area (Å²) in [6, 6.07) is 2.21. The first-order chi connectivity index (χ1) is 13.6. The Kier molecular flexibility index (Phi) is 7.27. The van der Waals surface area contributed by atoms with E-state index in [1.807, 2.05) is 0 Å². The highest BCUT2D eigenvalue weighted by Gasteiger charge is 2.46. The fourth-order valence-electron chi connectivity index (χ4n) is 2.76. The molecule has 2 aromatic rings. The summed E-state index contributed by atoms with van der Waals surface area (Å²) in [5, 5.41) is 11.9. The van der Waals surface area contributed by atoms with E-state index in [2.05, 4.69) is 31.2 Å². The van der Waals surface area contributed by atoms with E-state index in [1.54, 1.807) is 0 Å². The molecule has 1 aliphatic heterocycles. The topological polar surface area (TPSA) is 110 Å². The number of aromatic nitrogens is 1. The van der Waals surface area contributed by atoms with Gasteiger partial charge in [0.25, 0.3) is 12.3 Å². The van der Waals surface area contributed by atoms with Gasteiger partial charge < -0.3 is 20.9 Å². The molecule has 0 aliphatic carbocycles. The lowest BCUT2D eigenvalue weighted by Crippen LogP contribution is -2.45. The smallest absolute Gasteiger partial charge is 0.278 e. The molecule has 162 valence electrons. The van der Waals surface area contributed by atoms with Crippen molar-refractivity contribution in [3.63, 3.8) is 0 Å². The predicted molar refractivity (Wildman–Crippen MR) is 105 cm³/mol. The van der Waals surface area contributed by atoms with Crippen LogP contribution in [0.3, 0.4) is 0 Å². The molecule has 7 nitrogen and oxygen atoms in total. The Morgan fingerprint density at radius 3 is 2.60 bits per heavy atom. The van der Waals surface area contributed by atoms with Crippen molar-refractivity contribution in [1.82, 2.24) is 4.98 Å². The first kappa shape index (κ1) is 23.8. The van der Waals surface area contributed by atoms with Gasteiger partial charge in [-0.3, -0.25) is 9.79 Å². The molecule has 13 heteroatoms. The lowest BCUT2D eigenvalue weighted by atomic mass is 9.89. The Labute approximate surface area is 181 Å². The van der Waals surface area contributed by atoms with E-state index in [1.165, 1.54) is 12.3 Å². The van der Waals surface area contributed by atoms with Crippen LogP contribution in [0.15, 0.2) is 33.9 Å². The van der Waals surface area contributed by atoms with Crippen LogP contribution >= 0.6 is 28.3 Å². The molecule has 2 heterocycles. The SMILES string of the molecule is Cl.NC1=NC(c2cc(NC(=O)c3ncc(Br)cc3O)c(F)cc2F)(C(F)F)COC1. The van der Waals surface area contributed by atoms with Gasteiger partial charge in [-0.2, -0.15) is 0 Å². The molecule has 0 saturated carbocycles. The molecule has 0 saturated heterocycles. The number of ether oxygens (including phenoxy) is 1. The highest BCUT2D eigenvalue weighted by Crippen LogP contribution is 2.38. The van der Waals surface area contributed by atoms with Crippen LogP contribution in [0.5, 0.6) is 5.75 Å². The second-order valence-electron chi connectivity index (χ2n) is 6.11. The third-order valence-electron chi connectivity index (χ3n) is 4.10. The van der Waals surface area contributed by atoms with Crippen molar-refractivity contribution < 1.29 is 32.2 Å². The average Bonchev–Trinajstić information content (AvgIpc) is 2.63. The maximum absolute atomic E-state index is 14.4. The van der Waals surface area contributed by atoms with E-state index in [9.17, 15) is 27.5 Å². The number of amidine groups is 1. The molecular weight excluding hydrogens is 500 g/mol. The number of amides is 1. The van der Waals surface area contributed by atoms with E-state index in [4.69, 9.17) is 10.5 Å². The second-order valence-corrected chi connectivity index (χ2v) is 7.02. The number of rotatable bonds is 4. The van der Waals surface area contributed by atoms with E-state index in [0.29, 0.717) is 16.6 Å². The summed E-state index contributed by atoms with van der Waals surface area (Å²) in [4.78, 5) is 19.7. The molecule has 30 heavy (non-hydrogen) atoms. The summed E-state index contributed by atoms with van der Waals surface area (Å²) in [5.41, 5.74) is 1.19. The maximum atomic E-state index is 14.4. The molecule has 0 bridgehead atoms. The van der Waals surface area contributed by atoms with Crippen LogP contribution in [0.2, 0.25) is 0 Å². The molecule has 1 atom stereocenters. The summed E-state index contributed by atoms with van der Waals surface area (Å²) < 4.78 is 61.6. The van der Waals surface area contributed by atoms with Gasteiger partial charge >= 0.3 is 0 Å². The van der Waals surface area contributed by atoms with Crippen LogP contribution in [-0.4, -0.2) is 41.5 Å². The molecule has 0 radical (unpaired) electrons. The number of alkyl halides is 2. The molecule has 1 aromatic carbocycles. The zero-order valence-corrected chi connectivity index (χ0v) is 17.2. The van der Waals surface area contributed by atoms with Crippen LogP contribution in [0.1, 0.15) is 16.1 Å². The first-order valence-corrected chi connectivity index (χ1v) is 8.79. The van der Waals surface area contributed by atoms with Gasteiger partial charge in [0.2, 0.25) is 0 Å². The molecule has 0 spiro atoms. The van der Waals surface area contributed by atoms with Crippen LogP contribution < -0.4 is 11.1 Å². The number of benzene rings is 1. The van der Waals surface area contributed by atoms with Crippen molar-refractivity contribution in [2.75, 3.05) is 18.5 Å². The number of pyridine rings is 1. The monoisotopic (exact) mass is 512 g/mol. The summed E-state index contributed by atoms with van der Waals surface area (Å²) in [7, 11) is 0. The molecule has 1 aliphatic rings. The van der Waals surface area contributed by atoms with Gasteiger partial charge in [0.1, 0.15) is 29.8 Å². The minimum Gasteiger partial charge on any atom is -0.505 e. The lowest BCUT2D eigenvalue weighted by Gasteiger charge is -2.33. The Morgan fingerprint density at radius 2 is 2.00 bits per heavy atom. The van der Waals surface area contributed by atoms with Crippen molar-refractivity contribution in [1.29, 1.82) is 0 Å². The van der Waals surface area contributed by atoms with Crippen molar-refractivity contribution >= 4 is 45.8 Å². The molecule has 1 aromatic heterocycles. The van der Waals surface area contributed by atoms with Crippen LogP contribution in [0.4, 0.5) is 23.2 Å². The largest absolute Gasteiger partial charge is 0.505 e. The molecule has 1 amide bonds. The third kappa shape index (κ3) is 4.50. The summed E-state index contributed by atoms with van der Waals surface area (Å²) in [5.74, 6) is -4.38. The third-order valence-corrected chi connectivity index (χ3v) is 4.53. The molecule has 3 rings (SSSR count). The van der Waals surface area contributed by atoms with Gasteiger partial charge in [-0.15, -0.1) is 12.4 Å². The number of aromatic hydroxyl groups is 1. The Bertz CT molecular complexity index is 1010. The number of halogens is 6. The standard InChI is InChI=1S/C17H13BrF4N4O3.ClH/c18-7-1-12(27)14(24-4-7)15(28)25-11-2-8(9(19)3-10(11)20)17(16(21)22)6-29-5-13(23)26-17;/h1-4,16,27H,5-6H2,(H2,23,26)(H,25,28);1H. The van der Waals surface area contributed by atoms with Crippen LogP contribution in [0, 0.1) is 11.6 Å². The predicted octanol–water partition coefficient (Wildman–Crippen LogP) is 3.35. The lowest BCUT2D eigenvalue weighted by molar-refractivity contribution is -0.0146. The number of nitrogens with two attached hydrogens (primary N) is 1. The fourth-order valence-corrected chi connectivity index (χ4v) is 3.08. The fraction of sp³-hybridized carbons (Fsp3) is 0.235. The van der Waals surface area contributed by atoms with Crippen LogP contribution in [-0.2, 0) is 10.3 Å². The van der Waals surface area contributed by atoms with Gasteiger partial charge in [0.15, 0.2) is 11.2 Å². The number of carbonyl (C=O) groups excluding carboxylic acids is 1. The van der Waals surface area contributed by atoms with Crippen molar-refractivity contribution in [2.45, 2.75) is 12.0 Å². The minimum atomic E-state index is -3.23. The van der Waals surface area contributed by atoms with Gasteiger partial charge in [0, 0.05) is 22.3 Å². The maximum Gasteiger partial charge on any atom is 0.278 e. The second kappa shape index (κ2) is 9.14. The highest BCUT2D eigenvalue weighted by atomic mass is 79.9. The number of aliphatic imine (C=N–C) groups is 1. The number of nitrogens with one attached hydrogen (secondary N) is 1. The number of carbonyl (C=O) groups is 1. The van der Waals surface area contributed by atoms with E-state index in [0.717, 1.165) is 0 Å². The molecule has 1 unspecified atom stereocenters. The van der Waals surface area contributed by atoms with Gasteiger partial charge in [-0.1, -0.05) is 0 Å². The summed E-state index contributed by atoms with van der Waals surface area (Å²) >= 11 is 3.05. The van der Waals surface area contributed by atoms with Gasteiger partial charge in [0.05, 0.1) is 12.3 Å². The Morgan fingerprint density at radius 1 is 1.30 bits per heavy atom. The summed E-state index contributed by atoms with van der Waals surface area (Å²) in [6.45, 7) is -0.911.